The molecule has 0 saturated heterocycles. The van der Waals surface area contributed by atoms with Crippen LogP contribution in [0.5, 0.6) is 5.88 Å². The SMILES string of the molecule is COCCOc1cc(C(=O)Nc2ccon2)ccn1. The average Bonchev–Trinajstić information content (AvgIpc) is 2.92. The first-order valence-corrected chi connectivity index (χ1v) is 5.59. The lowest BCUT2D eigenvalue weighted by Gasteiger charge is -2.06. The van der Waals surface area contributed by atoms with Gasteiger partial charge in [-0.05, 0) is 6.07 Å². The maximum absolute atomic E-state index is 11.9. The zero-order valence-corrected chi connectivity index (χ0v) is 10.3. The highest BCUT2D eigenvalue weighted by Gasteiger charge is 2.09. The number of hydrogen-bond acceptors (Lipinski definition) is 6. The van der Waals surface area contributed by atoms with E-state index >= 15 is 0 Å². The zero-order valence-electron chi connectivity index (χ0n) is 10.3. The van der Waals surface area contributed by atoms with Gasteiger partial charge in [-0.2, -0.15) is 0 Å². The van der Waals surface area contributed by atoms with Gasteiger partial charge in [0.2, 0.25) is 5.88 Å². The second kappa shape index (κ2) is 6.50. The highest BCUT2D eigenvalue weighted by molar-refractivity contribution is 6.03. The highest BCUT2D eigenvalue weighted by Crippen LogP contribution is 2.11. The molecule has 1 amide bonds. The summed E-state index contributed by atoms with van der Waals surface area (Å²) in [7, 11) is 1.58. The number of carbonyl (C=O) groups excluding carboxylic acids is 1. The summed E-state index contributed by atoms with van der Waals surface area (Å²) < 4.78 is 14.8. The molecule has 2 heterocycles. The summed E-state index contributed by atoms with van der Waals surface area (Å²) in [5, 5.41) is 6.18. The van der Waals surface area contributed by atoms with Crippen molar-refractivity contribution in [2.45, 2.75) is 0 Å². The minimum absolute atomic E-state index is 0.312. The Bertz CT molecular complexity index is 528. The van der Waals surface area contributed by atoms with Crippen molar-refractivity contribution < 1.29 is 18.8 Å². The van der Waals surface area contributed by atoms with Crippen molar-refractivity contribution in [1.29, 1.82) is 0 Å². The molecule has 0 unspecified atom stereocenters. The molecule has 1 N–H and O–H groups in total. The van der Waals surface area contributed by atoms with E-state index in [-0.39, 0.29) is 5.91 Å². The third kappa shape index (κ3) is 3.78. The summed E-state index contributed by atoms with van der Waals surface area (Å²) in [5.74, 6) is 0.404. The van der Waals surface area contributed by atoms with E-state index < -0.39 is 0 Å². The van der Waals surface area contributed by atoms with Crippen molar-refractivity contribution in [2.24, 2.45) is 0 Å². The summed E-state index contributed by atoms with van der Waals surface area (Å²) in [4.78, 5) is 15.9. The van der Waals surface area contributed by atoms with Crippen molar-refractivity contribution in [3.05, 3.63) is 36.2 Å². The van der Waals surface area contributed by atoms with E-state index in [0.29, 0.717) is 30.5 Å². The maximum atomic E-state index is 11.9. The van der Waals surface area contributed by atoms with Crippen LogP contribution in [-0.4, -0.2) is 36.4 Å². The van der Waals surface area contributed by atoms with Crippen LogP contribution in [0.4, 0.5) is 5.82 Å². The van der Waals surface area contributed by atoms with Gasteiger partial charge in [-0.25, -0.2) is 4.98 Å². The molecular formula is C12H13N3O4. The zero-order chi connectivity index (χ0) is 13.5. The number of ether oxygens (including phenoxy) is 2. The number of carbonyl (C=O) groups is 1. The van der Waals surface area contributed by atoms with E-state index in [9.17, 15) is 4.79 Å². The van der Waals surface area contributed by atoms with Crippen LogP contribution in [0.2, 0.25) is 0 Å². The smallest absolute Gasteiger partial charge is 0.257 e. The van der Waals surface area contributed by atoms with Gasteiger partial charge < -0.3 is 19.3 Å². The second-order valence-corrected chi connectivity index (χ2v) is 3.56. The molecule has 0 spiro atoms. The van der Waals surface area contributed by atoms with Crippen molar-refractivity contribution in [3.63, 3.8) is 0 Å². The van der Waals surface area contributed by atoms with Crippen LogP contribution in [-0.2, 0) is 4.74 Å². The predicted octanol–water partition coefficient (Wildman–Crippen LogP) is 1.35. The molecule has 2 rings (SSSR count). The lowest BCUT2D eigenvalue weighted by Crippen LogP contribution is -2.13. The first-order chi connectivity index (χ1) is 9.29. The van der Waals surface area contributed by atoms with Gasteiger partial charge in [0, 0.05) is 31.0 Å². The molecule has 2 aromatic heterocycles. The molecular weight excluding hydrogens is 250 g/mol. The van der Waals surface area contributed by atoms with Gasteiger partial charge >= 0.3 is 0 Å². The summed E-state index contributed by atoms with van der Waals surface area (Å²) in [5.41, 5.74) is 0.422. The fourth-order valence-electron chi connectivity index (χ4n) is 1.32. The van der Waals surface area contributed by atoms with Crippen LogP contribution in [0, 0.1) is 0 Å². The summed E-state index contributed by atoms with van der Waals surface area (Å²) in [6.45, 7) is 0.828. The van der Waals surface area contributed by atoms with Gasteiger partial charge in [-0.1, -0.05) is 5.16 Å². The molecule has 100 valence electrons. The van der Waals surface area contributed by atoms with E-state index in [1.807, 2.05) is 0 Å². The molecule has 0 fully saturated rings. The number of rotatable bonds is 6. The first-order valence-electron chi connectivity index (χ1n) is 5.59. The van der Waals surface area contributed by atoms with E-state index in [0.717, 1.165) is 0 Å². The van der Waals surface area contributed by atoms with E-state index in [1.54, 1.807) is 25.3 Å². The van der Waals surface area contributed by atoms with Crippen LogP contribution < -0.4 is 10.1 Å². The number of methoxy groups -OCH3 is 1. The van der Waals surface area contributed by atoms with Gasteiger partial charge in [0.15, 0.2) is 5.82 Å². The quantitative estimate of drug-likeness (QED) is 0.791. The molecule has 0 radical (unpaired) electrons. The molecule has 0 bridgehead atoms. The fourth-order valence-corrected chi connectivity index (χ4v) is 1.32. The largest absolute Gasteiger partial charge is 0.475 e. The standard InChI is InChI=1S/C12H13N3O4/c1-17-6-7-18-11-8-9(2-4-13-11)12(16)14-10-3-5-19-15-10/h2-5,8H,6-7H2,1H3,(H,14,15,16). The Kier molecular flexibility index (Phi) is 4.46. The van der Waals surface area contributed by atoms with Crippen molar-refractivity contribution in [2.75, 3.05) is 25.6 Å². The Hall–Kier alpha value is -2.41. The minimum Gasteiger partial charge on any atom is -0.475 e. The van der Waals surface area contributed by atoms with E-state index in [1.165, 1.54) is 12.5 Å². The number of aromatic nitrogens is 2. The molecule has 7 nitrogen and oxygen atoms in total. The molecule has 0 saturated carbocycles. The summed E-state index contributed by atoms with van der Waals surface area (Å²) in [6, 6.07) is 4.68. The Morgan fingerprint density at radius 2 is 2.32 bits per heavy atom. The highest BCUT2D eigenvalue weighted by atomic mass is 16.5. The van der Waals surface area contributed by atoms with E-state index in [2.05, 4.69) is 20.0 Å². The molecule has 0 atom stereocenters. The number of nitrogens with one attached hydrogen (secondary N) is 1. The van der Waals surface area contributed by atoms with Crippen molar-refractivity contribution >= 4 is 11.7 Å². The first kappa shape index (κ1) is 13.0. The average molecular weight is 263 g/mol. The van der Waals surface area contributed by atoms with Crippen molar-refractivity contribution in [3.8, 4) is 5.88 Å². The lowest BCUT2D eigenvalue weighted by atomic mass is 10.2. The number of hydrogen-bond donors (Lipinski definition) is 1. The molecule has 0 aromatic carbocycles. The molecule has 0 aliphatic heterocycles. The molecule has 7 heteroatoms. The third-order valence-corrected chi connectivity index (χ3v) is 2.21. The van der Waals surface area contributed by atoms with Crippen LogP contribution in [0.25, 0.3) is 0 Å². The Balaban J connectivity index is 1.99. The molecule has 0 aliphatic carbocycles. The van der Waals surface area contributed by atoms with Gasteiger partial charge in [0.05, 0.1) is 6.61 Å². The van der Waals surface area contributed by atoms with Gasteiger partial charge in [-0.15, -0.1) is 0 Å². The minimum atomic E-state index is -0.312. The Morgan fingerprint density at radius 1 is 1.42 bits per heavy atom. The van der Waals surface area contributed by atoms with Crippen LogP contribution in [0.1, 0.15) is 10.4 Å². The van der Waals surface area contributed by atoms with Crippen LogP contribution in [0.15, 0.2) is 35.2 Å². The number of nitrogens with zero attached hydrogens (tertiary/aromatic N) is 2. The van der Waals surface area contributed by atoms with E-state index in [4.69, 9.17) is 9.47 Å². The molecule has 2 aromatic rings. The maximum Gasteiger partial charge on any atom is 0.257 e. The topological polar surface area (TPSA) is 86.5 Å². The molecule has 0 aliphatic rings. The monoisotopic (exact) mass is 263 g/mol. The predicted molar refractivity (Wildman–Crippen MR) is 66.1 cm³/mol. The summed E-state index contributed by atoms with van der Waals surface area (Å²) in [6.07, 6.45) is 2.88. The Morgan fingerprint density at radius 3 is 3.05 bits per heavy atom. The van der Waals surface area contributed by atoms with Crippen molar-refractivity contribution in [1.82, 2.24) is 10.1 Å². The van der Waals surface area contributed by atoms with Gasteiger partial charge in [0.1, 0.15) is 12.9 Å². The summed E-state index contributed by atoms with van der Waals surface area (Å²) >= 11 is 0. The van der Waals surface area contributed by atoms with Crippen LogP contribution in [0.3, 0.4) is 0 Å². The number of anilines is 1. The molecule has 19 heavy (non-hydrogen) atoms. The Labute approximate surface area is 109 Å². The lowest BCUT2D eigenvalue weighted by molar-refractivity contribution is 0.102. The number of pyridine rings is 1. The van der Waals surface area contributed by atoms with Gasteiger partial charge in [-0.3, -0.25) is 4.79 Å². The number of amides is 1. The third-order valence-electron chi connectivity index (χ3n) is 2.21. The fraction of sp³-hybridized carbons (Fsp3) is 0.250. The normalized spacial score (nSPS) is 10.2. The second-order valence-electron chi connectivity index (χ2n) is 3.56. The van der Waals surface area contributed by atoms with Gasteiger partial charge in [0.25, 0.3) is 5.91 Å². The van der Waals surface area contributed by atoms with Crippen LogP contribution >= 0.6 is 0 Å².